The minimum Gasteiger partial charge on any atom is -0.507 e. The predicted molar refractivity (Wildman–Crippen MR) is 133 cm³/mol. The quantitative estimate of drug-likeness (QED) is 0.426. The molecular formula is C24H27ClN2O6S. The minimum absolute atomic E-state index is 0.00216. The molecule has 1 aromatic carbocycles. The number of amides is 1. The van der Waals surface area contributed by atoms with E-state index >= 15 is 0 Å². The number of fused-ring (bicyclic) bond motifs is 1. The summed E-state index contributed by atoms with van der Waals surface area (Å²) in [6.45, 7) is 0.0103. The molecule has 1 aliphatic heterocycles. The monoisotopic (exact) mass is 506 g/mol. The van der Waals surface area contributed by atoms with Crippen molar-refractivity contribution in [3.63, 3.8) is 0 Å². The lowest BCUT2D eigenvalue weighted by Crippen LogP contribution is -2.36. The van der Waals surface area contributed by atoms with Crippen LogP contribution < -0.4 is 15.6 Å². The first-order chi connectivity index (χ1) is 16.5. The Balaban J connectivity index is 0.00000158. The maximum atomic E-state index is 13.1. The van der Waals surface area contributed by atoms with Gasteiger partial charge < -0.3 is 29.9 Å². The summed E-state index contributed by atoms with van der Waals surface area (Å²) in [6.07, 6.45) is 6.38. The van der Waals surface area contributed by atoms with E-state index in [9.17, 15) is 14.7 Å². The number of halogens is 1. The van der Waals surface area contributed by atoms with Crippen molar-refractivity contribution in [2.75, 3.05) is 20.3 Å². The van der Waals surface area contributed by atoms with Gasteiger partial charge in [0, 0.05) is 36.4 Å². The van der Waals surface area contributed by atoms with Crippen LogP contribution in [-0.2, 0) is 18.1 Å². The molecule has 0 radical (unpaired) electrons. The second-order valence-corrected chi connectivity index (χ2v) is 9.02. The standard InChI is InChI=1S/C23H23ClN2O5S.CH4O/c24-15-3-7-17(8-4-15)31-16-5-1-14(2-6-16)11-26-19-13-32-12-18(19)21(28)20(23(26)30)22(29)25-9-10-27;1-2/h1-3,5-8,15,27-28H,4,9-13H2,(H,25,29);2H,1H3. The van der Waals surface area contributed by atoms with Gasteiger partial charge in [-0.25, -0.2) is 0 Å². The molecule has 0 bridgehead atoms. The number of hydrogen-bond acceptors (Lipinski definition) is 7. The van der Waals surface area contributed by atoms with Gasteiger partial charge in [-0.2, -0.15) is 11.8 Å². The maximum absolute atomic E-state index is 13.1. The number of aromatic hydroxyl groups is 1. The summed E-state index contributed by atoms with van der Waals surface area (Å²) in [6, 6.07) is 7.39. The Morgan fingerprint density at radius 3 is 2.65 bits per heavy atom. The highest BCUT2D eigenvalue weighted by Crippen LogP contribution is 2.36. The molecule has 2 heterocycles. The molecule has 0 saturated carbocycles. The van der Waals surface area contributed by atoms with E-state index in [0.717, 1.165) is 24.1 Å². The van der Waals surface area contributed by atoms with E-state index < -0.39 is 11.5 Å². The van der Waals surface area contributed by atoms with Crippen LogP contribution in [0.1, 0.15) is 33.6 Å². The molecule has 0 spiro atoms. The van der Waals surface area contributed by atoms with E-state index in [1.165, 1.54) is 0 Å². The molecule has 0 saturated heterocycles. The Morgan fingerprint density at radius 2 is 2.00 bits per heavy atom. The van der Waals surface area contributed by atoms with Crippen LogP contribution in [0.15, 0.2) is 53.0 Å². The first-order valence-electron chi connectivity index (χ1n) is 10.7. The average molecular weight is 507 g/mol. The second-order valence-electron chi connectivity index (χ2n) is 7.48. The predicted octanol–water partition coefficient (Wildman–Crippen LogP) is 2.51. The number of allylic oxidation sites excluding steroid dienone is 3. The van der Waals surface area contributed by atoms with Crippen LogP contribution >= 0.6 is 23.4 Å². The normalized spacial score (nSPS) is 16.2. The van der Waals surface area contributed by atoms with Gasteiger partial charge in [0.2, 0.25) is 0 Å². The summed E-state index contributed by atoms with van der Waals surface area (Å²) in [5, 5.41) is 29.0. The first-order valence-corrected chi connectivity index (χ1v) is 12.2. The van der Waals surface area contributed by atoms with Gasteiger partial charge in [-0.05, 0) is 36.3 Å². The summed E-state index contributed by atoms with van der Waals surface area (Å²) < 4.78 is 7.40. The Kier molecular flexibility index (Phi) is 9.23. The van der Waals surface area contributed by atoms with Crippen molar-refractivity contribution in [1.82, 2.24) is 9.88 Å². The summed E-state index contributed by atoms with van der Waals surface area (Å²) in [5.41, 5.74) is 1.36. The van der Waals surface area contributed by atoms with Crippen molar-refractivity contribution in [3.05, 3.63) is 81.0 Å². The zero-order valence-corrected chi connectivity index (χ0v) is 20.2. The SMILES string of the molecule is CO.O=C(NCCO)c1c(O)c2c(n(Cc3ccc(OC4=CCC(Cl)C=C4)cc3)c1=O)CSC2. The lowest BCUT2D eigenvalue weighted by Gasteiger charge is -2.16. The fourth-order valence-electron chi connectivity index (χ4n) is 3.64. The number of carbonyl (C=O) groups excluding carboxylic acids is 1. The highest BCUT2D eigenvalue weighted by atomic mass is 35.5. The van der Waals surface area contributed by atoms with Crippen molar-refractivity contribution in [2.24, 2.45) is 0 Å². The molecule has 1 aliphatic carbocycles. The van der Waals surface area contributed by atoms with Gasteiger partial charge in [-0.15, -0.1) is 11.6 Å². The van der Waals surface area contributed by atoms with Crippen LogP contribution in [-0.4, -0.2) is 51.4 Å². The van der Waals surface area contributed by atoms with E-state index in [1.807, 2.05) is 42.5 Å². The van der Waals surface area contributed by atoms with Gasteiger partial charge in [-0.1, -0.05) is 18.2 Å². The summed E-state index contributed by atoms with van der Waals surface area (Å²) >= 11 is 7.61. The van der Waals surface area contributed by atoms with Crippen molar-refractivity contribution in [2.45, 2.75) is 29.8 Å². The Bertz CT molecular complexity index is 1140. The number of pyridine rings is 1. The van der Waals surface area contributed by atoms with Crippen LogP contribution in [0.3, 0.4) is 0 Å². The van der Waals surface area contributed by atoms with Crippen molar-refractivity contribution >= 4 is 29.3 Å². The highest BCUT2D eigenvalue weighted by Gasteiger charge is 2.28. The van der Waals surface area contributed by atoms with Gasteiger partial charge >= 0.3 is 0 Å². The van der Waals surface area contributed by atoms with Crippen LogP contribution in [0.5, 0.6) is 11.5 Å². The zero-order chi connectivity index (χ0) is 24.7. The van der Waals surface area contributed by atoms with Gasteiger partial charge in [0.15, 0.2) is 0 Å². The third-order valence-corrected chi connectivity index (χ3v) is 6.57. The molecule has 1 atom stereocenters. The van der Waals surface area contributed by atoms with Gasteiger partial charge in [0.1, 0.15) is 22.8 Å². The number of rotatable bonds is 7. The van der Waals surface area contributed by atoms with Crippen LogP contribution in [0.25, 0.3) is 0 Å². The second kappa shape index (κ2) is 12.1. The number of alkyl halides is 1. The molecule has 182 valence electrons. The number of aromatic nitrogens is 1. The average Bonchev–Trinajstić information content (AvgIpc) is 3.34. The van der Waals surface area contributed by atoms with Gasteiger partial charge in [-0.3, -0.25) is 9.59 Å². The van der Waals surface area contributed by atoms with Crippen LogP contribution in [0.2, 0.25) is 0 Å². The topological polar surface area (TPSA) is 121 Å². The molecule has 10 heteroatoms. The fraction of sp³-hybridized carbons (Fsp3) is 0.333. The minimum atomic E-state index is -0.688. The molecular weight excluding hydrogens is 480 g/mol. The van der Waals surface area contributed by atoms with Gasteiger partial charge in [0.05, 0.1) is 18.5 Å². The molecule has 4 rings (SSSR count). The number of thioether (sulfide) groups is 1. The molecule has 0 fully saturated rings. The molecule has 34 heavy (non-hydrogen) atoms. The summed E-state index contributed by atoms with van der Waals surface area (Å²) in [4.78, 5) is 25.6. The first kappa shape index (κ1) is 25.9. The van der Waals surface area contributed by atoms with Crippen molar-refractivity contribution < 1.29 is 24.9 Å². The van der Waals surface area contributed by atoms with E-state index in [0.29, 0.717) is 29.2 Å². The van der Waals surface area contributed by atoms with Crippen LogP contribution in [0, 0.1) is 0 Å². The molecule has 8 nitrogen and oxygen atoms in total. The number of benzene rings is 1. The molecule has 2 aliphatic rings. The molecule has 1 amide bonds. The Hall–Kier alpha value is -2.72. The largest absolute Gasteiger partial charge is 0.507 e. The number of hydrogen-bond donors (Lipinski definition) is 4. The van der Waals surface area contributed by atoms with E-state index in [4.69, 9.17) is 26.6 Å². The van der Waals surface area contributed by atoms with Crippen molar-refractivity contribution in [3.8, 4) is 11.5 Å². The zero-order valence-electron chi connectivity index (χ0n) is 18.7. The van der Waals surface area contributed by atoms with E-state index in [2.05, 4.69) is 5.32 Å². The van der Waals surface area contributed by atoms with Gasteiger partial charge in [0.25, 0.3) is 11.5 Å². The Morgan fingerprint density at radius 1 is 1.26 bits per heavy atom. The third kappa shape index (κ3) is 5.85. The van der Waals surface area contributed by atoms with Crippen molar-refractivity contribution in [1.29, 1.82) is 0 Å². The lowest BCUT2D eigenvalue weighted by atomic mass is 10.1. The van der Waals surface area contributed by atoms with E-state index in [1.54, 1.807) is 16.3 Å². The summed E-state index contributed by atoms with van der Waals surface area (Å²) in [7, 11) is 1.00. The maximum Gasteiger partial charge on any atom is 0.267 e. The number of carbonyl (C=O) groups is 1. The van der Waals surface area contributed by atoms with E-state index in [-0.39, 0.29) is 36.4 Å². The molecule has 2 aromatic rings. The molecule has 4 N–H and O–H groups in total. The lowest BCUT2D eigenvalue weighted by molar-refractivity contribution is 0.0939. The number of nitrogens with zero attached hydrogens (tertiary/aromatic N) is 1. The molecule has 1 aromatic heterocycles. The molecule has 1 unspecified atom stereocenters. The number of nitrogens with one attached hydrogen (secondary N) is 1. The Labute approximate surface area is 206 Å². The number of aliphatic hydroxyl groups excluding tert-OH is 2. The highest BCUT2D eigenvalue weighted by molar-refractivity contribution is 7.98. The number of aliphatic hydroxyl groups is 2. The van der Waals surface area contributed by atoms with Crippen LogP contribution in [0.4, 0.5) is 0 Å². The summed E-state index contributed by atoms with van der Waals surface area (Å²) in [5.74, 6) is 1.56. The third-order valence-electron chi connectivity index (χ3n) is 5.28. The smallest absolute Gasteiger partial charge is 0.267 e. The fourth-order valence-corrected chi connectivity index (χ4v) is 4.93. The number of ether oxygens (including phenoxy) is 1.